The summed E-state index contributed by atoms with van der Waals surface area (Å²) in [6.45, 7) is 9.53. The van der Waals surface area contributed by atoms with Crippen molar-refractivity contribution in [3.63, 3.8) is 0 Å². The Morgan fingerprint density at radius 1 is 1.32 bits per heavy atom. The van der Waals surface area contributed by atoms with Crippen molar-refractivity contribution in [3.8, 4) is 5.75 Å². The minimum absolute atomic E-state index is 0.0714. The summed E-state index contributed by atoms with van der Waals surface area (Å²) in [7, 11) is 0. The van der Waals surface area contributed by atoms with Crippen molar-refractivity contribution in [2.24, 2.45) is 10.9 Å². The van der Waals surface area contributed by atoms with Crippen molar-refractivity contribution >= 4 is 11.8 Å². The van der Waals surface area contributed by atoms with Gasteiger partial charge in [-0.15, -0.1) is 0 Å². The van der Waals surface area contributed by atoms with E-state index in [1.165, 1.54) is 6.20 Å². The lowest BCUT2D eigenvalue weighted by molar-refractivity contribution is -0.180. The summed E-state index contributed by atoms with van der Waals surface area (Å²) >= 11 is 0. The van der Waals surface area contributed by atoms with Gasteiger partial charge in [0.25, 0.3) is 0 Å². The summed E-state index contributed by atoms with van der Waals surface area (Å²) in [5, 5.41) is 33.7. The van der Waals surface area contributed by atoms with E-state index >= 15 is 0 Å². The second-order valence-electron chi connectivity index (χ2n) is 8.46. The zero-order chi connectivity index (χ0) is 22.9. The van der Waals surface area contributed by atoms with Gasteiger partial charge < -0.3 is 20.1 Å². The fourth-order valence-corrected chi connectivity index (χ4v) is 3.34. The summed E-state index contributed by atoms with van der Waals surface area (Å²) < 4.78 is 5.51. The third-order valence-corrected chi connectivity index (χ3v) is 4.78. The normalized spacial score (nSPS) is 19.3. The number of phenolic OH excluding ortho intramolecular Hbond substituents is 1. The van der Waals surface area contributed by atoms with Crippen molar-refractivity contribution < 1.29 is 20.1 Å². The molecule has 0 bridgehead atoms. The second kappa shape index (κ2) is 11.8. The average Bonchev–Trinajstić information content (AvgIpc) is 2.70. The molecule has 4 N–H and O–H groups in total. The number of nitrogens with zero attached hydrogens (tertiary/aromatic N) is 1. The predicted octanol–water partition coefficient (Wildman–Crippen LogP) is 3.92. The highest BCUT2D eigenvalue weighted by Crippen LogP contribution is 2.35. The zero-order valence-electron chi connectivity index (χ0n) is 18.5. The lowest BCUT2D eigenvalue weighted by Crippen LogP contribution is -2.39. The van der Waals surface area contributed by atoms with Crippen LogP contribution in [0.3, 0.4) is 0 Å². The van der Waals surface area contributed by atoms with Crippen LogP contribution in [0.5, 0.6) is 5.75 Å². The Hall–Kier alpha value is -2.51. The smallest absolute Gasteiger partial charge is 0.214 e. The molecule has 3 unspecified atom stereocenters. The van der Waals surface area contributed by atoms with Crippen molar-refractivity contribution in [2.45, 2.75) is 51.7 Å². The Balaban J connectivity index is 2.15. The molecular formula is C25H34N2O4. The molecule has 31 heavy (non-hydrogen) atoms. The molecule has 1 aliphatic rings. The van der Waals surface area contributed by atoms with E-state index in [-0.39, 0.29) is 11.7 Å². The van der Waals surface area contributed by atoms with Crippen molar-refractivity contribution in [1.29, 1.82) is 0 Å². The van der Waals surface area contributed by atoms with Crippen LogP contribution in [0.4, 0.5) is 0 Å². The lowest BCUT2D eigenvalue weighted by atomic mass is 9.82. The lowest BCUT2D eigenvalue weighted by Gasteiger charge is -2.28. The van der Waals surface area contributed by atoms with E-state index in [4.69, 9.17) is 4.74 Å². The summed E-state index contributed by atoms with van der Waals surface area (Å²) in [4.78, 5) is 3.90. The van der Waals surface area contributed by atoms with Gasteiger partial charge >= 0.3 is 0 Å². The summed E-state index contributed by atoms with van der Waals surface area (Å²) in [6.07, 6.45) is 10.2. The van der Waals surface area contributed by atoms with Gasteiger partial charge in [-0.25, -0.2) is 0 Å². The van der Waals surface area contributed by atoms with Crippen LogP contribution < -0.4 is 5.32 Å². The van der Waals surface area contributed by atoms with Crippen molar-refractivity contribution in [2.75, 3.05) is 6.54 Å². The van der Waals surface area contributed by atoms with Gasteiger partial charge in [0.2, 0.25) is 6.41 Å². The fraction of sp³-hybridized carbons (Fsp3) is 0.400. The van der Waals surface area contributed by atoms with E-state index in [9.17, 15) is 15.3 Å². The molecule has 0 fully saturated rings. The van der Waals surface area contributed by atoms with Crippen LogP contribution >= 0.6 is 0 Å². The highest BCUT2D eigenvalue weighted by atomic mass is 16.6. The molecule has 1 aromatic rings. The fourth-order valence-electron chi connectivity index (χ4n) is 3.34. The number of ether oxygens (including phenoxy) is 1. The van der Waals surface area contributed by atoms with Gasteiger partial charge in [0.15, 0.2) is 0 Å². The Morgan fingerprint density at radius 3 is 2.77 bits per heavy atom. The molecule has 0 aliphatic heterocycles. The number of rotatable bonds is 10. The standard InChI is InChI=1S/C25H34N2O4/c1-5-26-14-7-6-11-23(29)19-12-13-20(17-27-24(30)31-25(2,3)4)22(16-19)18-9-8-10-21(28)15-18/h5-10,12-15,19,23-24,27-30H,1,11,16-17H2,2-4H3/b7-6+,26-14?. The third-order valence-electron chi connectivity index (χ3n) is 4.78. The predicted molar refractivity (Wildman–Crippen MR) is 126 cm³/mol. The third kappa shape index (κ3) is 8.63. The molecule has 2 rings (SSSR count). The van der Waals surface area contributed by atoms with Crippen LogP contribution in [0.25, 0.3) is 5.57 Å². The van der Waals surface area contributed by atoms with Gasteiger partial charge in [0, 0.05) is 24.9 Å². The van der Waals surface area contributed by atoms with Crippen LogP contribution in [0.2, 0.25) is 0 Å². The van der Waals surface area contributed by atoms with E-state index in [1.807, 2.05) is 45.1 Å². The summed E-state index contributed by atoms with van der Waals surface area (Å²) in [5.41, 5.74) is 2.39. The minimum atomic E-state index is -1.10. The average molecular weight is 427 g/mol. The topological polar surface area (TPSA) is 94.3 Å². The number of phenols is 1. The van der Waals surface area contributed by atoms with Crippen LogP contribution in [0.1, 0.15) is 39.2 Å². The number of aliphatic hydroxyl groups excluding tert-OH is 2. The van der Waals surface area contributed by atoms with E-state index in [1.54, 1.807) is 30.5 Å². The van der Waals surface area contributed by atoms with Gasteiger partial charge in [-0.2, -0.15) is 0 Å². The van der Waals surface area contributed by atoms with Gasteiger partial charge in [-0.3, -0.25) is 10.3 Å². The number of hydrogen-bond donors (Lipinski definition) is 4. The highest BCUT2D eigenvalue weighted by Gasteiger charge is 2.24. The first kappa shape index (κ1) is 24.8. The maximum absolute atomic E-state index is 10.7. The number of aliphatic imine (C=N–C) groups is 1. The van der Waals surface area contributed by atoms with E-state index < -0.39 is 18.1 Å². The molecule has 0 saturated carbocycles. The first-order chi connectivity index (χ1) is 14.7. The Kier molecular flexibility index (Phi) is 9.40. The first-order valence-electron chi connectivity index (χ1n) is 10.5. The van der Waals surface area contributed by atoms with Gasteiger partial charge in [0.1, 0.15) is 5.75 Å². The van der Waals surface area contributed by atoms with Gasteiger partial charge in [-0.05, 0) is 68.5 Å². The largest absolute Gasteiger partial charge is 0.508 e. The molecule has 6 nitrogen and oxygen atoms in total. The number of hydrogen-bond acceptors (Lipinski definition) is 6. The molecule has 1 aliphatic carbocycles. The Morgan fingerprint density at radius 2 is 2.10 bits per heavy atom. The number of allylic oxidation sites excluding steroid dienone is 2. The maximum Gasteiger partial charge on any atom is 0.214 e. The van der Waals surface area contributed by atoms with Crippen LogP contribution in [-0.2, 0) is 4.74 Å². The minimum Gasteiger partial charge on any atom is -0.508 e. The van der Waals surface area contributed by atoms with E-state index in [2.05, 4.69) is 16.9 Å². The maximum atomic E-state index is 10.7. The molecule has 0 heterocycles. The van der Waals surface area contributed by atoms with E-state index in [0.29, 0.717) is 19.4 Å². The number of nitrogens with one attached hydrogen (secondary N) is 1. The quantitative estimate of drug-likeness (QED) is 0.336. The molecule has 6 heteroatoms. The number of benzene rings is 1. The summed E-state index contributed by atoms with van der Waals surface area (Å²) in [6, 6.07) is 7.08. The molecule has 0 radical (unpaired) electrons. The highest BCUT2D eigenvalue weighted by molar-refractivity contribution is 5.74. The molecule has 0 amide bonds. The molecule has 1 aromatic carbocycles. The molecule has 168 valence electrons. The molecule has 3 atom stereocenters. The number of aromatic hydroxyl groups is 1. The van der Waals surface area contributed by atoms with Gasteiger partial charge in [0.05, 0.1) is 11.7 Å². The zero-order valence-corrected chi connectivity index (χ0v) is 18.5. The SMILES string of the molecule is C=CN=C/C=C/CC(O)C1C=CC(CNC(O)OC(C)(C)C)=C(c2cccc(O)c2)C1. The number of aliphatic hydroxyl groups is 2. The summed E-state index contributed by atoms with van der Waals surface area (Å²) in [5.74, 6) is 0.113. The van der Waals surface area contributed by atoms with Crippen molar-refractivity contribution in [3.05, 3.63) is 72.5 Å². The first-order valence-corrected chi connectivity index (χ1v) is 10.5. The monoisotopic (exact) mass is 426 g/mol. The molecule has 0 spiro atoms. The van der Waals surface area contributed by atoms with Crippen LogP contribution in [-0.4, -0.2) is 46.2 Å². The van der Waals surface area contributed by atoms with Crippen LogP contribution in [0, 0.1) is 5.92 Å². The van der Waals surface area contributed by atoms with E-state index in [0.717, 1.165) is 16.7 Å². The molecule has 0 saturated heterocycles. The Bertz CT molecular complexity index is 849. The van der Waals surface area contributed by atoms with Crippen molar-refractivity contribution in [1.82, 2.24) is 5.32 Å². The second-order valence-corrected chi connectivity index (χ2v) is 8.46. The van der Waals surface area contributed by atoms with Gasteiger partial charge in [-0.1, -0.05) is 36.9 Å². The molecule has 0 aromatic heterocycles. The molecular weight excluding hydrogens is 392 g/mol. The Labute approximate surface area is 185 Å². The van der Waals surface area contributed by atoms with Crippen LogP contribution in [0.15, 0.2) is 71.9 Å².